The van der Waals surface area contributed by atoms with Gasteiger partial charge in [-0.05, 0) is 36.1 Å². The summed E-state index contributed by atoms with van der Waals surface area (Å²) in [7, 11) is 0. The van der Waals surface area contributed by atoms with Crippen LogP contribution in [-0.2, 0) is 19.2 Å². The molecule has 8 nitrogen and oxygen atoms in total. The van der Waals surface area contributed by atoms with Gasteiger partial charge in [-0.3, -0.25) is 19.2 Å². The molecule has 1 aromatic rings. The summed E-state index contributed by atoms with van der Waals surface area (Å²) in [6, 6.07) is 4.54. The van der Waals surface area contributed by atoms with E-state index in [1.54, 1.807) is 38.3 Å². The van der Waals surface area contributed by atoms with Gasteiger partial charge in [0.2, 0.25) is 5.91 Å². The van der Waals surface area contributed by atoms with Gasteiger partial charge in [-0.2, -0.15) is 0 Å². The van der Waals surface area contributed by atoms with Gasteiger partial charge in [0.05, 0.1) is 5.54 Å². The molecule has 1 heterocycles. The topological polar surface area (TPSA) is 119 Å². The standard InChI is InChI=1S/C21H23NO7S/c1-4-17(24)28-14-8-6-13(12-15(14)29-18(25)5-2)7-9-16(23)22-21(3)10-11-30-19(21)20(26)27/h6-12,19H,4-5H2,1-3H3,(H,22,23)(H,26,27)/b9-7+. The number of nitrogens with one attached hydrogen (secondary N) is 1. The number of hydrogen-bond donors (Lipinski definition) is 2. The maximum absolute atomic E-state index is 12.3. The Morgan fingerprint density at radius 2 is 1.77 bits per heavy atom. The van der Waals surface area contributed by atoms with Crippen molar-refractivity contribution in [2.45, 2.75) is 44.4 Å². The second-order valence-corrected chi connectivity index (χ2v) is 7.64. The van der Waals surface area contributed by atoms with Crippen molar-refractivity contribution in [3.05, 3.63) is 41.3 Å². The fourth-order valence-electron chi connectivity index (χ4n) is 2.57. The summed E-state index contributed by atoms with van der Waals surface area (Å²) in [6.45, 7) is 4.91. The Hall–Kier alpha value is -3.07. The van der Waals surface area contributed by atoms with Crippen LogP contribution in [0.3, 0.4) is 0 Å². The molecule has 30 heavy (non-hydrogen) atoms. The highest BCUT2D eigenvalue weighted by molar-refractivity contribution is 8.03. The largest absolute Gasteiger partial charge is 0.480 e. The normalized spacial score (nSPS) is 20.2. The van der Waals surface area contributed by atoms with Crippen molar-refractivity contribution in [3.8, 4) is 11.5 Å². The molecular weight excluding hydrogens is 410 g/mol. The Morgan fingerprint density at radius 1 is 1.13 bits per heavy atom. The molecule has 1 aromatic carbocycles. The predicted molar refractivity (Wildman–Crippen MR) is 112 cm³/mol. The van der Waals surface area contributed by atoms with Gasteiger partial charge in [-0.1, -0.05) is 26.0 Å². The molecular formula is C21H23NO7S. The molecule has 0 radical (unpaired) electrons. The highest BCUT2D eigenvalue weighted by Gasteiger charge is 2.41. The van der Waals surface area contributed by atoms with Gasteiger partial charge in [0.25, 0.3) is 0 Å². The summed E-state index contributed by atoms with van der Waals surface area (Å²) in [5.41, 5.74) is -0.491. The monoisotopic (exact) mass is 433 g/mol. The van der Waals surface area contributed by atoms with E-state index in [1.165, 1.54) is 24.3 Å². The lowest BCUT2D eigenvalue weighted by Gasteiger charge is -2.27. The molecule has 2 atom stereocenters. The molecule has 1 amide bonds. The number of thioether (sulfide) groups is 1. The molecule has 0 aliphatic carbocycles. The third kappa shape index (κ3) is 5.96. The van der Waals surface area contributed by atoms with Crippen molar-refractivity contribution < 1.29 is 33.8 Å². The molecule has 0 aromatic heterocycles. The van der Waals surface area contributed by atoms with Crippen LogP contribution in [0, 0.1) is 0 Å². The summed E-state index contributed by atoms with van der Waals surface area (Å²) >= 11 is 1.12. The molecule has 9 heteroatoms. The zero-order chi connectivity index (χ0) is 22.3. The number of carbonyl (C=O) groups excluding carboxylic acids is 3. The number of benzene rings is 1. The number of carbonyl (C=O) groups is 4. The Morgan fingerprint density at radius 3 is 2.37 bits per heavy atom. The summed E-state index contributed by atoms with van der Waals surface area (Å²) in [5.74, 6) is -2.30. The lowest BCUT2D eigenvalue weighted by molar-refractivity contribution is -0.137. The molecule has 1 aliphatic rings. The van der Waals surface area contributed by atoms with Gasteiger partial charge in [0.15, 0.2) is 11.5 Å². The quantitative estimate of drug-likeness (QED) is 0.365. The van der Waals surface area contributed by atoms with Crippen molar-refractivity contribution in [2.24, 2.45) is 0 Å². The number of carboxylic acid groups (broad SMARTS) is 1. The van der Waals surface area contributed by atoms with Gasteiger partial charge in [0, 0.05) is 18.9 Å². The summed E-state index contributed by atoms with van der Waals surface area (Å²) in [5, 5.41) is 12.8. The number of rotatable bonds is 8. The third-order valence-corrected chi connectivity index (χ3v) is 5.47. The number of esters is 2. The Labute approximate surface area is 178 Å². The van der Waals surface area contributed by atoms with E-state index >= 15 is 0 Å². The summed E-state index contributed by atoms with van der Waals surface area (Å²) in [6.07, 6.45) is 4.67. The van der Waals surface area contributed by atoms with Crippen LogP contribution >= 0.6 is 11.8 Å². The van der Waals surface area contributed by atoms with Crippen molar-refractivity contribution in [1.82, 2.24) is 5.32 Å². The van der Waals surface area contributed by atoms with Gasteiger partial charge in [-0.25, -0.2) is 0 Å². The molecule has 0 bridgehead atoms. The van der Waals surface area contributed by atoms with Crippen molar-refractivity contribution in [3.63, 3.8) is 0 Å². The number of ether oxygens (including phenoxy) is 2. The Kier molecular flexibility index (Phi) is 7.82. The Bertz CT molecular complexity index is 909. The van der Waals surface area contributed by atoms with Crippen LogP contribution in [0.1, 0.15) is 39.2 Å². The minimum Gasteiger partial charge on any atom is -0.480 e. The van der Waals surface area contributed by atoms with Gasteiger partial charge >= 0.3 is 17.9 Å². The van der Waals surface area contributed by atoms with Crippen molar-refractivity contribution in [1.29, 1.82) is 0 Å². The molecule has 0 fully saturated rings. The smallest absolute Gasteiger partial charge is 0.319 e. The second-order valence-electron chi connectivity index (χ2n) is 6.62. The van der Waals surface area contributed by atoms with E-state index in [0.29, 0.717) is 5.56 Å². The maximum Gasteiger partial charge on any atom is 0.319 e. The molecule has 0 saturated heterocycles. The molecule has 160 valence electrons. The van der Waals surface area contributed by atoms with E-state index in [2.05, 4.69) is 5.32 Å². The van der Waals surface area contributed by atoms with E-state index in [-0.39, 0.29) is 24.3 Å². The van der Waals surface area contributed by atoms with Crippen LogP contribution in [0.4, 0.5) is 0 Å². The average molecular weight is 433 g/mol. The number of carboxylic acids is 1. The first-order valence-electron chi connectivity index (χ1n) is 9.30. The zero-order valence-corrected chi connectivity index (χ0v) is 17.7. The van der Waals surface area contributed by atoms with Crippen molar-refractivity contribution >= 4 is 41.7 Å². The lowest BCUT2D eigenvalue weighted by Crippen LogP contribution is -2.52. The van der Waals surface area contributed by atoms with Crippen LogP contribution in [-0.4, -0.2) is 39.7 Å². The van der Waals surface area contributed by atoms with E-state index in [0.717, 1.165) is 11.8 Å². The summed E-state index contributed by atoms with van der Waals surface area (Å²) < 4.78 is 10.4. The molecule has 2 rings (SSSR count). The fourth-order valence-corrected chi connectivity index (χ4v) is 3.63. The van der Waals surface area contributed by atoms with E-state index < -0.39 is 34.6 Å². The van der Waals surface area contributed by atoms with Gasteiger partial charge in [-0.15, -0.1) is 11.8 Å². The van der Waals surface area contributed by atoms with Crippen LogP contribution in [0.15, 0.2) is 35.8 Å². The molecule has 2 N–H and O–H groups in total. The minimum atomic E-state index is -1.02. The molecule has 0 saturated carbocycles. The zero-order valence-electron chi connectivity index (χ0n) is 16.8. The Balaban J connectivity index is 2.17. The van der Waals surface area contributed by atoms with Gasteiger partial charge in [0.1, 0.15) is 5.25 Å². The first kappa shape index (κ1) is 23.2. The summed E-state index contributed by atoms with van der Waals surface area (Å²) in [4.78, 5) is 46.9. The van der Waals surface area contributed by atoms with Gasteiger partial charge < -0.3 is 19.9 Å². The predicted octanol–water partition coefficient (Wildman–Crippen LogP) is 2.92. The van der Waals surface area contributed by atoms with E-state index in [9.17, 15) is 24.3 Å². The molecule has 1 aliphatic heterocycles. The number of amides is 1. The van der Waals surface area contributed by atoms with Crippen LogP contribution in [0.5, 0.6) is 11.5 Å². The molecule has 2 unspecified atom stereocenters. The highest BCUT2D eigenvalue weighted by Crippen LogP contribution is 2.33. The van der Waals surface area contributed by atoms with E-state index in [4.69, 9.17) is 9.47 Å². The van der Waals surface area contributed by atoms with Crippen LogP contribution in [0.25, 0.3) is 6.08 Å². The first-order valence-corrected chi connectivity index (χ1v) is 10.2. The SMILES string of the molecule is CCC(=O)Oc1ccc(/C=C/C(=O)NC2(C)C=CSC2C(=O)O)cc1OC(=O)CC. The van der Waals surface area contributed by atoms with Crippen LogP contribution < -0.4 is 14.8 Å². The fraction of sp³-hybridized carbons (Fsp3) is 0.333. The maximum atomic E-state index is 12.3. The highest BCUT2D eigenvalue weighted by atomic mass is 32.2. The lowest BCUT2D eigenvalue weighted by atomic mass is 9.97. The van der Waals surface area contributed by atoms with Crippen molar-refractivity contribution in [2.75, 3.05) is 0 Å². The molecule has 0 spiro atoms. The number of hydrogen-bond acceptors (Lipinski definition) is 7. The average Bonchev–Trinajstić information content (AvgIpc) is 3.08. The number of aliphatic carboxylic acids is 1. The van der Waals surface area contributed by atoms with Crippen LogP contribution in [0.2, 0.25) is 0 Å². The minimum absolute atomic E-state index is 0.0687. The second kappa shape index (κ2) is 10.1. The third-order valence-electron chi connectivity index (χ3n) is 4.21. The first-order chi connectivity index (χ1) is 14.2. The van der Waals surface area contributed by atoms with E-state index in [1.807, 2.05) is 0 Å².